The Balaban J connectivity index is 2.26. The van der Waals surface area contributed by atoms with Crippen molar-refractivity contribution in [1.82, 2.24) is 14.4 Å². The predicted octanol–water partition coefficient (Wildman–Crippen LogP) is 2.16. The van der Waals surface area contributed by atoms with Crippen LogP contribution >= 0.6 is 11.3 Å². The van der Waals surface area contributed by atoms with Gasteiger partial charge in [0.05, 0.1) is 5.69 Å². The molecule has 3 heterocycles. The van der Waals surface area contributed by atoms with Gasteiger partial charge >= 0.3 is 5.97 Å². The first-order valence-electron chi connectivity index (χ1n) is 4.85. The van der Waals surface area contributed by atoms with Crippen LogP contribution in [0.1, 0.15) is 10.5 Å². The van der Waals surface area contributed by atoms with Gasteiger partial charge in [-0.25, -0.2) is 14.8 Å². The summed E-state index contributed by atoms with van der Waals surface area (Å²) in [6.07, 6.45) is 4.94. The quantitative estimate of drug-likeness (QED) is 0.751. The average molecular weight is 245 g/mol. The molecule has 3 rings (SSSR count). The second kappa shape index (κ2) is 3.67. The van der Waals surface area contributed by atoms with Gasteiger partial charge in [0.25, 0.3) is 0 Å². The standard InChI is InChI=1S/C11H7N3O2S/c15-11(16)9-10-13-8(7-1-4-17-6-7)5-14(10)3-2-12-9/h1-6H,(H,15,16). The average Bonchev–Trinajstić information content (AvgIpc) is 2.96. The van der Waals surface area contributed by atoms with E-state index in [0.717, 1.165) is 11.3 Å². The SMILES string of the molecule is O=C(O)c1nccn2cc(-c3ccsc3)nc12. The number of fused-ring (bicyclic) bond motifs is 1. The molecule has 84 valence electrons. The highest BCUT2D eigenvalue weighted by atomic mass is 32.1. The highest BCUT2D eigenvalue weighted by molar-refractivity contribution is 7.08. The van der Waals surface area contributed by atoms with E-state index >= 15 is 0 Å². The Morgan fingerprint density at radius 2 is 2.35 bits per heavy atom. The van der Waals surface area contributed by atoms with Gasteiger partial charge in [0, 0.05) is 29.5 Å². The molecule has 0 bridgehead atoms. The number of carbonyl (C=O) groups is 1. The van der Waals surface area contributed by atoms with Crippen LogP contribution in [0.5, 0.6) is 0 Å². The molecule has 6 heteroatoms. The molecule has 0 aliphatic rings. The van der Waals surface area contributed by atoms with E-state index in [1.807, 2.05) is 16.8 Å². The van der Waals surface area contributed by atoms with Crippen LogP contribution in [0, 0.1) is 0 Å². The van der Waals surface area contributed by atoms with E-state index in [1.54, 1.807) is 28.1 Å². The van der Waals surface area contributed by atoms with Crippen molar-refractivity contribution in [2.45, 2.75) is 0 Å². The maximum atomic E-state index is 11.0. The lowest BCUT2D eigenvalue weighted by atomic mass is 10.3. The van der Waals surface area contributed by atoms with Gasteiger partial charge in [0.1, 0.15) is 0 Å². The molecule has 0 aliphatic carbocycles. The molecule has 0 atom stereocenters. The molecule has 0 spiro atoms. The smallest absolute Gasteiger partial charge is 0.358 e. The molecule has 0 fully saturated rings. The van der Waals surface area contributed by atoms with Crippen molar-refractivity contribution >= 4 is 23.0 Å². The van der Waals surface area contributed by atoms with Crippen LogP contribution in [-0.2, 0) is 0 Å². The largest absolute Gasteiger partial charge is 0.476 e. The molecule has 0 aliphatic heterocycles. The van der Waals surface area contributed by atoms with Gasteiger partial charge in [0.15, 0.2) is 11.3 Å². The second-order valence-corrected chi connectivity index (χ2v) is 4.23. The zero-order valence-corrected chi connectivity index (χ0v) is 9.39. The van der Waals surface area contributed by atoms with E-state index in [4.69, 9.17) is 5.11 Å². The van der Waals surface area contributed by atoms with Crippen molar-refractivity contribution in [3.63, 3.8) is 0 Å². The predicted molar refractivity (Wildman–Crippen MR) is 63.3 cm³/mol. The van der Waals surface area contributed by atoms with Crippen LogP contribution in [0.2, 0.25) is 0 Å². The van der Waals surface area contributed by atoms with Gasteiger partial charge in [-0.2, -0.15) is 11.3 Å². The van der Waals surface area contributed by atoms with Crippen LogP contribution in [0.25, 0.3) is 16.9 Å². The number of rotatable bonds is 2. The molecule has 0 amide bonds. The number of hydrogen-bond donors (Lipinski definition) is 1. The first-order chi connectivity index (χ1) is 8.25. The minimum absolute atomic E-state index is 0.0334. The highest BCUT2D eigenvalue weighted by Crippen LogP contribution is 2.22. The molecule has 3 aromatic heterocycles. The third-order valence-corrected chi connectivity index (χ3v) is 3.08. The number of hydrogen-bond acceptors (Lipinski definition) is 4. The van der Waals surface area contributed by atoms with Crippen LogP contribution in [-0.4, -0.2) is 25.4 Å². The van der Waals surface area contributed by atoms with E-state index < -0.39 is 5.97 Å². The molecular formula is C11H7N3O2S. The molecule has 3 aromatic rings. The molecule has 5 nitrogen and oxygen atoms in total. The molecule has 0 saturated heterocycles. The third-order valence-electron chi connectivity index (χ3n) is 2.39. The van der Waals surface area contributed by atoms with Crippen LogP contribution in [0.15, 0.2) is 35.4 Å². The Morgan fingerprint density at radius 1 is 1.47 bits per heavy atom. The van der Waals surface area contributed by atoms with Crippen LogP contribution in [0.3, 0.4) is 0 Å². The highest BCUT2D eigenvalue weighted by Gasteiger charge is 2.14. The number of aromatic nitrogens is 3. The minimum atomic E-state index is -1.07. The topological polar surface area (TPSA) is 67.5 Å². The van der Waals surface area contributed by atoms with Gasteiger partial charge in [-0.1, -0.05) is 0 Å². The summed E-state index contributed by atoms with van der Waals surface area (Å²) in [5, 5.41) is 12.9. The van der Waals surface area contributed by atoms with Crippen molar-refractivity contribution in [1.29, 1.82) is 0 Å². The van der Waals surface area contributed by atoms with Crippen molar-refractivity contribution in [2.24, 2.45) is 0 Å². The molecule has 0 aromatic carbocycles. The van der Waals surface area contributed by atoms with E-state index in [0.29, 0.717) is 5.65 Å². The van der Waals surface area contributed by atoms with Gasteiger partial charge < -0.3 is 9.51 Å². The molecule has 0 unspecified atom stereocenters. The molecular weight excluding hydrogens is 238 g/mol. The maximum Gasteiger partial charge on any atom is 0.358 e. The van der Waals surface area contributed by atoms with Gasteiger partial charge in [0.2, 0.25) is 0 Å². The monoisotopic (exact) mass is 245 g/mol. The fourth-order valence-electron chi connectivity index (χ4n) is 1.62. The van der Waals surface area contributed by atoms with Crippen LogP contribution in [0.4, 0.5) is 0 Å². The summed E-state index contributed by atoms with van der Waals surface area (Å²) in [6.45, 7) is 0. The number of imidazole rings is 1. The van der Waals surface area contributed by atoms with Crippen molar-refractivity contribution in [2.75, 3.05) is 0 Å². The summed E-state index contributed by atoms with van der Waals surface area (Å²) >= 11 is 1.57. The number of carboxylic acids is 1. The number of carboxylic acid groups (broad SMARTS) is 1. The summed E-state index contributed by atoms with van der Waals surface area (Å²) in [4.78, 5) is 19.1. The van der Waals surface area contributed by atoms with Gasteiger partial charge in [-0.15, -0.1) is 0 Å². The maximum absolute atomic E-state index is 11.0. The zero-order valence-electron chi connectivity index (χ0n) is 8.57. The Hall–Kier alpha value is -2.21. The molecule has 1 N–H and O–H groups in total. The van der Waals surface area contributed by atoms with E-state index in [2.05, 4.69) is 9.97 Å². The van der Waals surface area contributed by atoms with E-state index in [1.165, 1.54) is 6.20 Å². The Labute approximate surface area is 100 Å². The van der Waals surface area contributed by atoms with Crippen molar-refractivity contribution in [3.05, 3.63) is 41.1 Å². The number of nitrogens with zero attached hydrogens (tertiary/aromatic N) is 3. The summed E-state index contributed by atoms with van der Waals surface area (Å²) < 4.78 is 1.67. The van der Waals surface area contributed by atoms with Gasteiger partial charge in [-0.3, -0.25) is 0 Å². The fraction of sp³-hybridized carbons (Fsp3) is 0. The van der Waals surface area contributed by atoms with E-state index in [-0.39, 0.29) is 5.69 Å². The minimum Gasteiger partial charge on any atom is -0.476 e. The zero-order chi connectivity index (χ0) is 11.8. The summed E-state index contributed by atoms with van der Waals surface area (Å²) in [6, 6.07) is 1.94. The Bertz CT molecular complexity index is 688. The summed E-state index contributed by atoms with van der Waals surface area (Å²) in [5.41, 5.74) is 2.06. The third kappa shape index (κ3) is 1.58. The van der Waals surface area contributed by atoms with Gasteiger partial charge in [-0.05, 0) is 11.4 Å². The van der Waals surface area contributed by atoms with Crippen molar-refractivity contribution in [3.8, 4) is 11.3 Å². The van der Waals surface area contributed by atoms with E-state index in [9.17, 15) is 4.79 Å². The Morgan fingerprint density at radius 3 is 3.06 bits per heavy atom. The first kappa shape index (κ1) is 9.98. The summed E-state index contributed by atoms with van der Waals surface area (Å²) in [5.74, 6) is -1.07. The summed E-state index contributed by atoms with van der Waals surface area (Å²) in [7, 11) is 0. The lowest BCUT2D eigenvalue weighted by Crippen LogP contribution is -2.03. The molecule has 0 radical (unpaired) electrons. The molecule has 0 saturated carbocycles. The first-order valence-corrected chi connectivity index (χ1v) is 5.79. The lowest BCUT2D eigenvalue weighted by molar-refractivity contribution is 0.0692. The molecule has 17 heavy (non-hydrogen) atoms. The fourth-order valence-corrected chi connectivity index (χ4v) is 2.27. The number of aromatic carboxylic acids is 1. The van der Waals surface area contributed by atoms with Crippen LogP contribution < -0.4 is 0 Å². The normalized spacial score (nSPS) is 10.8. The lowest BCUT2D eigenvalue weighted by Gasteiger charge is -1.95. The number of thiophene rings is 1. The second-order valence-electron chi connectivity index (χ2n) is 3.45. The van der Waals surface area contributed by atoms with Crippen molar-refractivity contribution < 1.29 is 9.90 Å². The Kier molecular flexibility index (Phi) is 2.15.